The van der Waals surface area contributed by atoms with Gasteiger partial charge in [-0.15, -0.1) is 6.58 Å². The van der Waals surface area contributed by atoms with Crippen LogP contribution in [0.4, 0.5) is 10.1 Å². The number of carbonyl (C=O) groups is 1. The summed E-state index contributed by atoms with van der Waals surface area (Å²) in [6.07, 6.45) is 6.60. The standard InChI is InChI=1S/C24H22FN3O3/c1-2-14-27(24(29)13-10-19-8-11-22(12-9-19)28(30)31)18-23-7-4-15-26(23)17-20-5-3-6-21(25)16-20/h2-13,15-16H,1,14,17-18H2/b13-10+. The molecule has 7 heteroatoms. The summed E-state index contributed by atoms with van der Waals surface area (Å²) in [6.45, 7) is 4.94. The van der Waals surface area contributed by atoms with Crippen LogP contribution in [0.5, 0.6) is 0 Å². The summed E-state index contributed by atoms with van der Waals surface area (Å²) in [7, 11) is 0. The van der Waals surface area contributed by atoms with E-state index in [1.165, 1.54) is 30.3 Å². The molecule has 2 aromatic carbocycles. The highest BCUT2D eigenvalue weighted by Crippen LogP contribution is 2.15. The van der Waals surface area contributed by atoms with Crippen molar-refractivity contribution in [3.63, 3.8) is 0 Å². The first-order valence-electron chi connectivity index (χ1n) is 9.67. The van der Waals surface area contributed by atoms with Crippen molar-refractivity contribution in [2.45, 2.75) is 13.1 Å². The van der Waals surface area contributed by atoms with Crippen LogP contribution < -0.4 is 0 Å². The SMILES string of the molecule is C=CCN(Cc1cccn1Cc1cccc(F)c1)C(=O)/C=C/c1ccc([N+](=O)[O-])cc1. The lowest BCUT2D eigenvalue weighted by Crippen LogP contribution is -2.30. The molecular formula is C24H22FN3O3. The van der Waals surface area contributed by atoms with Gasteiger partial charge < -0.3 is 9.47 Å². The maximum Gasteiger partial charge on any atom is 0.269 e. The topological polar surface area (TPSA) is 68.4 Å². The lowest BCUT2D eigenvalue weighted by Gasteiger charge is -2.21. The van der Waals surface area contributed by atoms with E-state index in [2.05, 4.69) is 6.58 Å². The van der Waals surface area contributed by atoms with Crippen LogP contribution in [-0.4, -0.2) is 26.8 Å². The maximum atomic E-state index is 13.5. The Morgan fingerprint density at radius 1 is 1.16 bits per heavy atom. The normalized spacial score (nSPS) is 10.9. The Hall–Kier alpha value is -4.00. The highest BCUT2D eigenvalue weighted by molar-refractivity contribution is 5.91. The van der Waals surface area contributed by atoms with E-state index in [-0.39, 0.29) is 17.4 Å². The highest BCUT2D eigenvalue weighted by atomic mass is 19.1. The number of rotatable bonds is 9. The minimum atomic E-state index is -0.469. The van der Waals surface area contributed by atoms with Gasteiger partial charge in [0.2, 0.25) is 5.91 Å². The van der Waals surface area contributed by atoms with E-state index >= 15 is 0 Å². The van der Waals surface area contributed by atoms with Gasteiger partial charge >= 0.3 is 0 Å². The molecule has 0 radical (unpaired) electrons. The Balaban J connectivity index is 1.71. The lowest BCUT2D eigenvalue weighted by atomic mass is 10.2. The number of aromatic nitrogens is 1. The molecule has 0 aliphatic carbocycles. The number of nitro benzene ring substituents is 1. The average Bonchev–Trinajstić information content (AvgIpc) is 3.18. The van der Waals surface area contributed by atoms with Gasteiger partial charge in [0.05, 0.1) is 11.5 Å². The molecule has 1 amide bonds. The fraction of sp³-hybridized carbons (Fsp3) is 0.125. The number of amides is 1. The monoisotopic (exact) mass is 419 g/mol. The molecule has 0 N–H and O–H groups in total. The Labute approximate surface area is 179 Å². The van der Waals surface area contributed by atoms with Crippen molar-refractivity contribution < 1.29 is 14.1 Å². The van der Waals surface area contributed by atoms with Crippen molar-refractivity contribution in [2.75, 3.05) is 6.54 Å². The summed E-state index contributed by atoms with van der Waals surface area (Å²) in [5.74, 6) is -0.497. The van der Waals surface area contributed by atoms with Crippen LogP contribution in [0.2, 0.25) is 0 Å². The van der Waals surface area contributed by atoms with Crippen molar-refractivity contribution in [1.82, 2.24) is 9.47 Å². The fourth-order valence-electron chi connectivity index (χ4n) is 3.14. The maximum absolute atomic E-state index is 13.5. The fourth-order valence-corrected chi connectivity index (χ4v) is 3.14. The quantitative estimate of drug-likeness (QED) is 0.216. The van der Waals surface area contributed by atoms with Gasteiger partial charge in [0.25, 0.3) is 5.69 Å². The number of hydrogen-bond acceptors (Lipinski definition) is 3. The number of nitro groups is 1. The average molecular weight is 419 g/mol. The molecule has 1 heterocycles. The Morgan fingerprint density at radius 3 is 2.61 bits per heavy atom. The summed E-state index contributed by atoms with van der Waals surface area (Å²) >= 11 is 0. The molecule has 0 saturated carbocycles. The van der Waals surface area contributed by atoms with Crippen LogP contribution in [0.1, 0.15) is 16.8 Å². The summed E-state index contributed by atoms with van der Waals surface area (Å²) in [4.78, 5) is 24.7. The van der Waals surface area contributed by atoms with E-state index in [1.54, 1.807) is 35.3 Å². The van der Waals surface area contributed by atoms with Crippen LogP contribution in [0.3, 0.4) is 0 Å². The van der Waals surface area contributed by atoms with Crippen molar-refractivity contribution in [1.29, 1.82) is 0 Å². The molecule has 0 bridgehead atoms. The first kappa shape index (κ1) is 21.7. The third-order valence-corrected chi connectivity index (χ3v) is 4.70. The molecule has 3 rings (SSSR count). The van der Waals surface area contributed by atoms with Crippen molar-refractivity contribution >= 4 is 17.7 Å². The first-order valence-corrected chi connectivity index (χ1v) is 9.67. The van der Waals surface area contributed by atoms with Crippen LogP contribution >= 0.6 is 0 Å². The van der Waals surface area contributed by atoms with Gasteiger partial charge in [0.15, 0.2) is 0 Å². The van der Waals surface area contributed by atoms with Crippen LogP contribution in [0, 0.1) is 15.9 Å². The molecule has 0 spiro atoms. The van der Waals surface area contributed by atoms with Gasteiger partial charge in [0.1, 0.15) is 5.82 Å². The third-order valence-electron chi connectivity index (χ3n) is 4.70. The summed E-state index contributed by atoms with van der Waals surface area (Å²) < 4.78 is 15.5. The predicted molar refractivity (Wildman–Crippen MR) is 118 cm³/mol. The van der Waals surface area contributed by atoms with Crippen LogP contribution in [0.25, 0.3) is 6.08 Å². The number of benzene rings is 2. The summed E-state index contributed by atoms with van der Waals surface area (Å²) in [5, 5.41) is 10.7. The van der Waals surface area contributed by atoms with Crippen molar-refractivity contribution in [3.8, 4) is 0 Å². The minimum Gasteiger partial charge on any atom is -0.345 e. The molecule has 1 aromatic heterocycles. The molecule has 158 valence electrons. The number of nitrogens with zero attached hydrogens (tertiary/aromatic N) is 3. The predicted octanol–water partition coefficient (Wildman–Crippen LogP) is 4.81. The van der Waals surface area contributed by atoms with Crippen LogP contribution in [0.15, 0.2) is 85.6 Å². The van der Waals surface area contributed by atoms with Gasteiger partial charge in [-0.3, -0.25) is 14.9 Å². The summed E-state index contributed by atoms with van der Waals surface area (Å²) in [6, 6.07) is 16.2. The summed E-state index contributed by atoms with van der Waals surface area (Å²) in [5.41, 5.74) is 2.42. The minimum absolute atomic E-state index is 0.00387. The first-order chi connectivity index (χ1) is 15.0. The van der Waals surface area contributed by atoms with E-state index in [4.69, 9.17) is 0 Å². The van der Waals surface area contributed by atoms with E-state index in [0.29, 0.717) is 25.2 Å². The van der Waals surface area contributed by atoms with Gasteiger partial charge in [-0.25, -0.2) is 4.39 Å². The van der Waals surface area contributed by atoms with Gasteiger partial charge in [-0.2, -0.15) is 0 Å². The zero-order valence-electron chi connectivity index (χ0n) is 16.9. The Kier molecular flexibility index (Phi) is 7.11. The molecule has 6 nitrogen and oxygen atoms in total. The van der Waals surface area contributed by atoms with E-state index in [1.807, 2.05) is 29.0 Å². The second-order valence-electron chi connectivity index (χ2n) is 6.95. The number of hydrogen-bond donors (Lipinski definition) is 0. The highest BCUT2D eigenvalue weighted by Gasteiger charge is 2.13. The molecular weight excluding hydrogens is 397 g/mol. The van der Waals surface area contributed by atoms with Gasteiger partial charge in [0, 0.05) is 43.2 Å². The smallest absolute Gasteiger partial charge is 0.269 e. The number of non-ortho nitro benzene ring substituents is 1. The zero-order chi connectivity index (χ0) is 22.2. The molecule has 0 unspecified atom stereocenters. The molecule has 3 aromatic rings. The number of halogens is 1. The van der Waals surface area contributed by atoms with Gasteiger partial charge in [-0.1, -0.05) is 18.2 Å². The zero-order valence-corrected chi connectivity index (χ0v) is 16.9. The molecule has 0 atom stereocenters. The van der Waals surface area contributed by atoms with Crippen molar-refractivity contribution in [3.05, 3.63) is 118 Å². The molecule has 0 aliphatic heterocycles. The Bertz CT molecular complexity index is 1100. The largest absolute Gasteiger partial charge is 0.345 e. The van der Waals surface area contributed by atoms with Gasteiger partial charge in [-0.05, 0) is 53.6 Å². The second-order valence-corrected chi connectivity index (χ2v) is 6.95. The number of carbonyl (C=O) groups excluding carboxylic acids is 1. The molecule has 0 saturated heterocycles. The van der Waals surface area contributed by atoms with E-state index < -0.39 is 4.92 Å². The second kappa shape index (κ2) is 10.2. The van der Waals surface area contributed by atoms with E-state index in [0.717, 1.165) is 11.3 Å². The molecule has 31 heavy (non-hydrogen) atoms. The van der Waals surface area contributed by atoms with E-state index in [9.17, 15) is 19.3 Å². The Morgan fingerprint density at radius 2 is 1.94 bits per heavy atom. The third kappa shape index (κ3) is 5.99. The lowest BCUT2D eigenvalue weighted by molar-refractivity contribution is -0.384. The molecule has 0 fully saturated rings. The van der Waals surface area contributed by atoms with Crippen molar-refractivity contribution in [2.24, 2.45) is 0 Å². The molecule has 0 aliphatic rings. The van der Waals surface area contributed by atoms with Crippen LogP contribution in [-0.2, 0) is 17.9 Å².